The van der Waals surface area contributed by atoms with Crippen molar-refractivity contribution in [3.05, 3.63) is 0 Å². The van der Waals surface area contributed by atoms with Gasteiger partial charge in [-0.1, -0.05) is 32.1 Å². The van der Waals surface area contributed by atoms with Crippen LogP contribution in [-0.2, 0) is 4.79 Å². The van der Waals surface area contributed by atoms with Crippen molar-refractivity contribution in [2.75, 3.05) is 33.7 Å². The Balaban J connectivity index is 1.66. The molecule has 2 unspecified atom stereocenters. The van der Waals surface area contributed by atoms with Crippen LogP contribution in [0.4, 0.5) is 0 Å². The van der Waals surface area contributed by atoms with Gasteiger partial charge < -0.3 is 15.1 Å². The second kappa shape index (κ2) is 8.21. The van der Waals surface area contributed by atoms with Gasteiger partial charge in [-0.15, -0.1) is 0 Å². The molecule has 2 atom stereocenters. The molecule has 3 fully saturated rings. The molecule has 24 heavy (non-hydrogen) atoms. The van der Waals surface area contributed by atoms with Crippen molar-refractivity contribution < 1.29 is 4.79 Å². The molecule has 0 aromatic heterocycles. The number of amides is 1. The van der Waals surface area contributed by atoms with E-state index in [4.69, 9.17) is 4.99 Å². The molecule has 136 valence electrons. The zero-order chi connectivity index (χ0) is 16.9. The number of rotatable bonds is 3. The van der Waals surface area contributed by atoms with E-state index in [1.165, 1.54) is 57.8 Å². The SMILES string of the molecule is CN(C)C(=O)CN=C(NC1CCCCC1)N1CC2CCCCC2C1. The summed E-state index contributed by atoms with van der Waals surface area (Å²) in [7, 11) is 3.60. The van der Waals surface area contributed by atoms with Crippen LogP contribution in [0.5, 0.6) is 0 Å². The topological polar surface area (TPSA) is 47.9 Å². The number of aliphatic imine (C=N–C) groups is 1. The van der Waals surface area contributed by atoms with Gasteiger partial charge in [0.2, 0.25) is 5.91 Å². The first-order valence-electron chi connectivity index (χ1n) is 9.89. The Morgan fingerprint density at radius 3 is 2.17 bits per heavy atom. The smallest absolute Gasteiger partial charge is 0.243 e. The molecule has 0 radical (unpaired) electrons. The van der Waals surface area contributed by atoms with E-state index in [9.17, 15) is 4.79 Å². The lowest BCUT2D eigenvalue weighted by Crippen LogP contribution is -2.46. The summed E-state index contributed by atoms with van der Waals surface area (Å²) < 4.78 is 0. The maximum absolute atomic E-state index is 12.0. The molecule has 1 heterocycles. The first-order chi connectivity index (χ1) is 11.6. The molecule has 5 heteroatoms. The highest BCUT2D eigenvalue weighted by molar-refractivity contribution is 5.85. The predicted molar refractivity (Wildman–Crippen MR) is 98.0 cm³/mol. The van der Waals surface area contributed by atoms with Crippen LogP contribution in [0.1, 0.15) is 57.8 Å². The summed E-state index contributed by atoms with van der Waals surface area (Å²) >= 11 is 0. The lowest BCUT2D eigenvalue weighted by Gasteiger charge is -2.29. The first kappa shape index (κ1) is 17.6. The van der Waals surface area contributed by atoms with E-state index < -0.39 is 0 Å². The zero-order valence-corrected chi connectivity index (χ0v) is 15.5. The number of carbonyl (C=O) groups is 1. The predicted octanol–water partition coefficient (Wildman–Crippen LogP) is 2.47. The summed E-state index contributed by atoms with van der Waals surface area (Å²) in [6, 6.07) is 0.537. The number of hydrogen-bond donors (Lipinski definition) is 1. The summed E-state index contributed by atoms with van der Waals surface area (Å²) in [6.07, 6.45) is 12.0. The Morgan fingerprint density at radius 1 is 1.00 bits per heavy atom. The van der Waals surface area contributed by atoms with Crippen molar-refractivity contribution in [3.63, 3.8) is 0 Å². The Bertz CT molecular complexity index is 442. The van der Waals surface area contributed by atoms with Gasteiger partial charge in [0.15, 0.2) is 5.96 Å². The molecule has 0 spiro atoms. The fourth-order valence-electron chi connectivity index (χ4n) is 4.53. The minimum atomic E-state index is 0.0783. The van der Waals surface area contributed by atoms with E-state index in [1.54, 1.807) is 19.0 Å². The third-order valence-corrected chi connectivity index (χ3v) is 6.08. The number of hydrogen-bond acceptors (Lipinski definition) is 2. The van der Waals surface area contributed by atoms with E-state index in [0.717, 1.165) is 30.9 Å². The second-order valence-corrected chi connectivity index (χ2v) is 8.12. The van der Waals surface area contributed by atoms with Crippen LogP contribution in [0.2, 0.25) is 0 Å². The van der Waals surface area contributed by atoms with Crippen LogP contribution in [-0.4, -0.2) is 61.4 Å². The fourth-order valence-corrected chi connectivity index (χ4v) is 4.53. The standard InChI is InChI=1S/C19H34N4O/c1-22(2)18(24)12-20-19(21-17-10-4-3-5-11-17)23-13-15-8-6-7-9-16(15)14-23/h15-17H,3-14H2,1-2H3,(H,20,21). The van der Waals surface area contributed by atoms with Gasteiger partial charge in [0.1, 0.15) is 6.54 Å². The van der Waals surface area contributed by atoms with E-state index in [-0.39, 0.29) is 12.5 Å². The summed E-state index contributed by atoms with van der Waals surface area (Å²) in [5.74, 6) is 2.74. The fraction of sp³-hybridized carbons (Fsp3) is 0.895. The molecule has 0 bridgehead atoms. The minimum absolute atomic E-state index is 0.0783. The maximum atomic E-state index is 12.0. The van der Waals surface area contributed by atoms with Crippen LogP contribution in [0.25, 0.3) is 0 Å². The van der Waals surface area contributed by atoms with Gasteiger partial charge >= 0.3 is 0 Å². The van der Waals surface area contributed by atoms with Crippen LogP contribution in [0, 0.1) is 11.8 Å². The Labute approximate surface area is 146 Å². The molecule has 1 amide bonds. The number of nitrogens with zero attached hydrogens (tertiary/aromatic N) is 3. The van der Waals surface area contributed by atoms with Crippen molar-refractivity contribution in [1.82, 2.24) is 15.1 Å². The van der Waals surface area contributed by atoms with E-state index >= 15 is 0 Å². The molecule has 0 aromatic rings. The third kappa shape index (κ3) is 4.42. The maximum Gasteiger partial charge on any atom is 0.243 e. The molecule has 0 aromatic carbocycles. The van der Waals surface area contributed by atoms with Crippen molar-refractivity contribution in [1.29, 1.82) is 0 Å². The van der Waals surface area contributed by atoms with Gasteiger partial charge in [-0.2, -0.15) is 0 Å². The van der Waals surface area contributed by atoms with Gasteiger partial charge in [0.25, 0.3) is 0 Å². The van der Waals surface area contributed by atoms with Crippen molar-refractivity contribution in [2.24, 2.45) is 16.8 Å². The molecule has 5 nitrogen and oxygen atoms in total. The van der Waals surface area contributed by atoms with Crippen molar-refractivity contribution in [2.45, 2.75) is 63.8 Å². The number of nitrogens with one attached hydrogen (secondary N) is 1. The van der Waals surface area contributed by atoms with Gasteiger partial charge in [0, 0.05) is 33.2 Å². The number of likely N-dealkylation sites (N-methyl/N-ethyl adjacent to an activating group) is 1. The second-order valence-electron chi connectivity index (χ2n) is 8.12. The van der Waals surface area contributed by atoms with Crippen LogP contribution in [0.3, 0.4) is 0 Å². The van der Waals surface area contributed by atoms with Gasteiger partial charge in [-0.3, -0.25) is 4.79 Å². The molecule has 1 saturated heterocycles. The lowest BCUT2D eigenvalue weighted by molar-refractivity contribution is -0.127. The highest BCUT2D eigenvalue weighted by Crippen LogP contribution is 2.36. The highest BCUT2D eigenvalue weighted by atomic mass is 16.2. The normalized spacial score (nSPS) is 28.6. The molecule has 1 aliphatic heterocycles. The van der Waals surface area contributed by atoms with E-state index in [0.29, 0.717) is 6.04 Å². The van der Waals surface area contributed by atoms with Crippen LogP contribution >= 0.6 is 0 Å². The molecule has 3 rings (SSSR count). The summed E-state index contributed by atoms with van der Waals surface area (Å²) in [5, 5.41) is 3.71. The van der Waals surface area contributed by atoms with Crippen LogP contribution < -0.4 is 5.32 Å². The Hall–Kier alpha value is -1.26. The lowest BCUT2D eigenvalue weighted by atomic mass is 9.82. The van der Waals surface area contributed by atoms with Crippen molar-refractivity contribution in [3.8, 4) is 0 Å². The molecular weight excluding hydrogens is 300 g/mol. The molecule has 2 aliphatic carbocycles. The summed E-state index contributed by atoms with van der Waals surface area (Å²) in [5.41, 5.74) is 0. The van der Waals surface area contributed by atoms with Gasteiger partial charge in [-0.05, 0) is 37.5 Å². The quantitative estimate of drug-likeness (QED) is 0.637. The van der Waals surface area contributed by atoms with E-state index in [2.05, 4.69) is 10.2 Å². The minimum Gasteiger partial charge on any atom is -0.353 e. The molecule has 2 saturated carbocycles. The molecule has 3 aliphatic rings. The summed E-state index contributed by atoms with van der Waals surface area (Å²) in [6.45, 7) is 2.51. The number of likely N-dealkylation sites (tertiary alicyclic amines) is 1. The van der Waals surface area contributed by atoms with Gasteiger partial charge in [0.05, 0.1) is 0 Å². The third-order valence-electron chi connectivity index (χ3n) is 6.08. The average Bonchev–Trinajstić information content (AvgIpc) is 3.03. The first-order valence-corrected chi connectivity index (χ1v) is 9.89. The highest BCUT2D eigenvalue weighted by Gasteiger charge is 2.36. The van der Waals surface area contributed by atoms with Gasteiger partial charge in [-0.25, -0.2) is 4.99 Å². The van der Waals surface area contributed by atoms with Crippen LogP contribution in [0.15, 0.2) is 4.99 Å². The Kier molecular flexibility index (Phi) is 6.01. The zero-order valence-electron chi connectivity index (χ0n) is 15.5. The van der Waals surface area contributed by atoms with E-state index in [1.807, 2.05) is 0 Å². The Morgan fingerprint density at radius 2 is 1.58 bits per heavy atom. The number of carbonyl (C=O) groups excluding carboxylic acids is 1. The van der Waals surface area contributed by atoms with Crippen molar-refractivity contribution >= 4 is 11.9 Å². The number of fused-ring (bicyclic) bond motifs is 1. The largest absolute Gasteiger partial charge is 0.353 e. The summed E-state index contributed by atoms with van der Waals surface area (Å²) in [4.78, 5) is 20.8. The average molecular weight is 335 g/mol. The molecular formula is C19H34N4O. The molecule has 1 N–H and O–H groups in total. The number of guanidine groups is 1. The monoisotopic (exact) mass is 334 g/mol.